The highest BCUT2D eigenvalue weighted by molar-refractivity contribution is 14.1. The standard InChI is InChI=1S/C9H6FIS2/c1-12-5-2-3-6-7(4-5)13-9(11)8(6)10/h2-4H,1H3. The Morgan fingerprint density at radius 1 is 1.46 bits per heavy atom. The molecule has 13 heavy (non-hydrogen) atoms. The van der Waals surface area contributed by atoms with Crippen molar-refractivity contribution in [2.24, 2.45) is 0 Å². The maximum atomic E-state index is 13.4. The maximum absolute atomic E-state index is 13.4. The Hall–Kier alpha value is 0.190. The van der Waals surface area contributed by atoms with Crippen molar-refractivity contribution < 1.29 is 4.39 Å². The average molecular weight is 324 g/mol. The van der Waals surface area contributed by atoms with E-state index in [2.05, 4.69) is 0 Å². The van der Waals surface area contributed by atoms with Crippen molar-refractivity contribution in [1.29, 1.82) is 0 Å². The van der Waals surface area contributed by atoms with Gasteiger partial charge in [0.1, 0.15) is 2.88 Å². The van der Waals surface area contributed by atoms with Gasteiger partial charge < -0.3 is 0 Å². The monoisotopic (exact) mass is 324 g/mol. The molecule has 68 valence electrons. The van der Waals surface area contributed by atoms with E-state index in [-0.39, 0.29) is 5.82 Å². The molecule has 0 nitrogen and oxygen atoms in total. The third-order valence-electron chi connectivity index (χ3n) is 1.80. The van der Waals surface area contributed by atoms with E-state index in [4.69, 9.17) is 0 Å². The lowest BCUT2D eigenvalue weighted by Gasteiger charge is -1.94. The number of rotatable bonds is 1. The summed E-state index contributed by atoms with van der Waals surface area (Å²) in [6.07, 6.45) is 2.02. The van der Waals surface area contributed by atoms with Crippen LogP contribution in [0, 0.1) is 8.70 Å². The van der Waals surface area contributed by atoms with Crippen LogP contribution in [0.2, 0.25) is 0 Å². The molecule has 1 heterocycles. The number of halogens is 2. The highest BCUT2D eigenvalue weighted by atomic mass is 127. The number of hydrogen-bond acceptors (Lipinski definition) is 2. The summed E-state index contributed by atoms with van der Waals surface area (Å²) < 4.78 is 15.2. The first-order chi connectivity index (χ1) is 6.22. The van der Waals surface area contributed by atoms with Gasteiger partial charge in [0, 0.05) is 15.0 Å². The molecule has 0 bridgehead atoms. The summed E-state index contributed by atoms with van der Waals surface area (Å²) in [6, 6.07) is 5.85. The molecule has 0 unspecified atom stereocenters. The number of fused-ring (bicyclic) bond motifs is 1. The topological polar surface area (TPSA) is 0 Å². The third-order valence-corrected chi connectivity index (χ3v) is 4.57. The van der Waals surface area contributed by atoms with Crippen LogP contribution in [0.5, 0.6) is 0 Å². The van der Waals surface area contributed by atoms with Crippen LogP contribution in [0.1, 0.15) is 0 Å². The fourth-order valence-electron chi connectivity index (χ4n) is 1.14. The molecule has 0 atom stereocenters. The number of thiophene rings is 1. The van der Waals surface area contributed by atoms with Crippen molar-refractivity contribution in [3.05, 3.63) is 26.9 Å². The van der Waals surface area contributed by atoms with Crippen LogP contribution >= 0.6 is 45.7 Å². The van der Waals surface area contributed by atoms with Gasteiger partial charge in [-0.15, -0.1) is 23.1 Å². The summed E-state index contributed by atoms with van der Waals surface area (Å²) in [6.45, 7) is 0. The number of thioether (sulfide) groups is 1. The van der Waals surface area contributed by atoms with Crippen molar-refractivity contribution in [3.63, 3.8) is 0 Å². The van der Waals surface area contributed by atoms with Crippen LogP contribution < -0.4 is 0 Å². The molecular weight excluding hydrogens is 318 g/mol. The molecule has 0 radical (unpaired) electrons. The van der Waals surface area contributed by atoms with E-state index in [1.165, 1.54) is 16.2 Å². The normalized spacial score (nSPS) is 11.0. The van der Waals surface area contributed by atoms with E-state index in [0.717, 1.165) is 13.0 Å². The Morgan fingerprint density at radius 2 is 2.23 bits per heavy atom. The Labute approximate surface area is 97.7 Å². The van der Waals surface area contributed by atoms with E-state index in [0.29, 0.717) is 0 Å². The van der Waals surface area contributed by atoms with E-state index in [1.54, 1.807) is 11.8 Å². The second-order valence-electron chi connectivity index (χ2n) is 2.55. The highest BCUT2D eigenvalue weighted by Crippen LogP contribution is 2.33. The zero-order chi connectivity index (χ0) is 9.42. The van der Waals surface area contributed by atoms with Gasteiger partial charge in [0.25, 0.3) is 0 Å². The van der Waals surface area contributed by atoms with E-state index >= 15 is 0 Å². The zero-order valence-electron chi connectivity index (χ0n) is 6.80. The van der Waals surface area contributed by atoms with Gasteiger partial charge in [-0.25, -0.2) is 4.39 Å². The maximum Gasteiger partial charge on any atom is 0.155 e. The van der Waals surface area contributed by atoms with Crippen LogP contribution in [0.25, 0.3) is 10.1 Å². The molecule has 0 aliphatic rings. The molecule has 4 heteroatoms. The molecule has 0 amide bonds. The quantitative estimate of drug-likeness (QED) is 0.555. The summed E-state index contributed by atoms with van der Waals surface area (Å²) in [5.74, 6) is -0.0757. The molecular formula is C9H6FIS2. The minimum atomic E-state index is -0.0757. The lowest BCUT2D eigenvalue weighted by Crippen LogP contribution is -1.72. The van der Waals surface area contributed by atoms with Gasteiger partial charge in [-0.3, -0.25) is 0 Å². The molecule has 0 saturated carbocycles. The second-order valence-corrected chi connectivity index (χ2v) is 6.29. The third kappa shape index (κ3) is 1.71. The molecule has 1 aromatic heterocycles. The zero-order valence-corrected chi connectivity index (χ0v) is 10.6. The summed E-state index contributed by atoms with van der Waals surface area (Å²) >= 11 is 5.23. The molecule has 0 saturated heterocycles. The molecule has 0 aliphatic carbocycles. The van der Waals surface area contributed by atoms with Crippen LogP contribution in [0.15, 0.2) is 23.1 Å². The van der Waals surface area contributed by atoms with Gasteiger partial charge in [-0.2, -0.15) is 0 Å². The minimum Gasteiger partial charge on any atom is -0.204 e. The lowest BCUT2D eigenvalue weighted by atomic mass is 10.3. The van der Waals surface area contributed by atoms with Gasteiger partial charge in [0.05, 0.1) is 0 Å². The first kappa shape index (κ1) is 9.73. The number of benzene rings is 1. The number of hydrogen-bond donors (Lipinski definition) is 0. The average Bonchev–Trinajstić information content (AvgIpc) is 2.42. The van der Waals surface area contributed by atoms with E-state index in [9.17, 15) is 4.39 Å². The van der Waals surface area contributed by atoms with Gasteiger partial charge in [-0.1, -0.05) is 0 Å². The van der Waals surface area contributed by atoms with Gasteiger partial charge in [0.2, 0.25) is 0 Å². The van der Waals surface area contributed by atoms with Crippen molar-refractivity contribution in [2.75, 3.05) is 6.26 Å². The Morgan fingerprint density at radius 3 is 2.92 bits per heavy atom. The first-order valence-electron chi connectivity index (χ1n) is 3.64. The summed E-state index contributed by atoms with van der Waals surface area (Å²) in [4.78, 5) is 1.19. The van der Waals surface area contributed by atoms with Crippen molar-refractivity contribution >= 4 is 55.8 Å². The lowest BCUT2D eigenvalue weighted by molar-refractivity contribution is 0.638. The molecule has 0 spiro atoms. The SMILES string of the molecule is CSc1ccc2c(F)c(I)sc2c1. The van der Waals surface area contributed by atoms with Crippen molar-refractivity contribution in [3.8, 4) is 0 Å². The molecule has 0 N–H and O–H groups in total. The predicted octanol–water partition coefficient (Wildman–Crippen LogP) is 4.37. The summed E-state index contributed by atoms with van der Waals surface area (Å²) in [5.41, 5.74) is 0. The Kier molecular flexibility index (Phi) is 2.80. The smallest absolute Gasteiger partial charge is 0.155 e. The summed E-state index contributed by atoms with van der Waals surface area (Å²) in [7, 11) is 0. The van der Waals surface area contributed by atoms with E-state index in [1.807, 2.05) is 47.0 Å². The van der Waals surface area contributed by atoms with Gasteiger partial charge in [0.15, 0.2) is 5.82 Å². The van der Waals surface area contributed by atoms with Gasteiger partial charge in [-0.05, 0) is 47.0 Å². The molecule has 2 aromatic rings. The van der Waals surface area contributed by atoms with Crippen LogP contribution in [0.3, 0.4) is 0 Å². The fraction of sp³-hybridized carbons (Fsp3) is 0.111. The Bertz CT molecular complexity index is 450. The van der Waals surface area contributed by atoms with Gasteiger partial charge >= 0.3 is 0 Å². The predicted molar refractivity (Wildman–Crippen MR) is 66.3 cm³/mol. The molecule has 0 fully saturated rings. The molecule has 0 aliphatic heterocycles. The Balaban J connectivity index is 2.73. The highest BCUT2D eigenvalue weighted by Gasteiger charge is 2.09. The second kappa shape index (κ2) is 3.74. The van der Waals surface area contributed by atoms with Crippen LogP contribution in [-0.2, 0) is 0 Å². The van der Waals surface area contributed by atoms with Crippen LogP contribution in [0.4, 0.5) is 4.39 Å². The van der Waals surface area contributed by atoms with Crippen molar-refractivity contribution in [2.45, 2.75) is 4.90 Å². The van der Waals surface area contributed by atoms with Crippen molar-refractivity contribution in [1.82, 2.24) is 0 Å². The minimum absolute atomic E-state index is 0.0757. The largest absolute Gasteiger partial charge is 0.204 e. The fourth-order valence-corrected chi connectivity index (χ4v) is 3.51. The summed E-state index contributed by atoms with van der Waals surface area (Å²) in [5, 5.41) is 0.743. The van der Waals surface area contributed by atoms with Crippen LogP contribution in [-0.4, -0.2) is 6.26 Å². The van der Waals surface area contributed by atoms with E-state index < -0.39 is 0 Å². The molecule has 1 aromatic carbocycles. The first-order valence-corrected chi connectivity index (χ1v) is 6.76. The molecule has 2 rings (SSSR count).